The van der Waals surface area contributed by atoms with E-state index < -0.39 is 27.3 Å². The predicted molar refractivity (Wildman–Crippen MR) is 118 cm³/mol. The molecule has 1 amide bonds. The zero-order chi connectivity index (χ0) is 22.3. The normalized spacial score (nSPS) is 22.0. The fourth-order valence-electron chi connectivity index (χ4n) is 4.37. The van der Waals surface area contributed by atoms with E-state index in [0.29, 0.717) is 43.9 Å². The maximum absolute atomic E-state index is 13.2. The highest BCUT2D eigenvalue weighted by Gasteiger charge is 2.45. The molecule has 2 aliphatic rings. The molecule has 0 radical (unpaired) electrons. The molecule has 0 bridgehead atoms. The highest BCUT2D eigenvalue weighted by atomic mass is 32.2. The van der Waals surface area contributed by atoms with Crippen LogP contribution in [0.15, 0.2) is 47.4 Å². The van der Waals surface area contributed by atoms with Crippen LogP contribution in [0.25, 0.3) is 10.8 Å². The molecule has 4 rings (SSSR count). The van der Waals surface area contributed by atoms with E-state index in [1.54, 1.807) is 16.4 Å². The van der Waals surface area contributed by atoms with Crippen LogP contribution < -0.4 is 5.32 Å². The van der Waals surface area contributed by atoms with E-state index in [4.69, 9.17) is 9.47 Å². The minimum Gasteiger partial charge on any atom is -0.444 e. The molecule has 2 saturated heterocycles. The number of ether oxygens (including phenoxy) is 2. The molecule has 1 unspecified atom stereocenters. The summed E-state index contributed by atoms with van der Waals surface area (Å²) in [7, 11) is -3.56. The summed E-state index contributed by atoms with van der Waals surface area (Å²) in [4.78, 5) is 12.4. The number of hydrogen-bond acceptors (Lipinski definition) is 5. The molecule has 2 heterocycles. The van der Waals surface area contributed by atoms with Crippen molar-refractivity contribution in [1.29, 1.82) is 0 Å². The van der Waals surface area contributed by atoms with Gasteiger partial charge in [0, 0.05) is 13.1 Å². The number of piperidine rings is 1. The lowest BCUT2D eigenvalue weighted by Gasteiger charge is -2.38. The van der Waals surface area contributed by atoms with Gasteiger partial charge < -0.3 is 14.8 Å². The molecular formula is C23H30N2O5S. The Kier molecular flexibility index (Phi) is 5.74. The summed E-state index contributed by atoms with van der Waals surface area (Å²) in [5.41, 5.74) is -0.946. The second-order valence-electron chi connectivity index (χ2n) is 9.45. The van der Waals surface area contributed by atoms with Crippen LogP contribution in [0.5, 0.6) is 0 Å². The van der Waals surface area contributed by atoms with Crippen LogP contribution in [-0.2, 0) is 19.5 Å². The van der Waals surface area contributed by atoms with Gasteiger partial charge in [-0.15, -0.1) is 0 Å². The minimum absolute atomic E-state index is 0.126. The zero-order valence-corrected chi connectivity index (χ0v) is 19.1. The molecular weight excluding hydrogens is 416 g/mol. The van der Waals surface area contributed by atoms with Crippen LogP contribution in [-0.4, -0.2) is 55.8 Å². The van der Waals surface area contributed by atoms with E-state index in [-0.39, 0.29) is 6.04 Å². The number of carbonyl (C=O) groups excluding carboxylic acids is 1. The number of benzene rings is 2. The molecule has 2 aromatic rings. The highest BCUT2D eigenvalue weighted by molar-refractivity contribution is 7.89. The lowest BCUT2D eigenvalue weighted by molar-refractivity contribution is -0.0312. The van der Waals surface area contributed by atoms with E-state index in [9.17, 15) is 13.2 Å². The summed E-state index contributed by atoms with van der Waals surface area (Å²) in [5, 5.41) is 4.80. The molecule has 1 N–H and O–H groups in total. The third-order valence-corrected chi connectivity index (χ3v) is 7.82. The Morgan fingerprint density at radius 2 is 1.81 bits per heavy atom. The van der Waals surface area contributed by atoms with Crippen LogP contribution in [0.4, 0.5) is 4.79 Å². The van der Waals surface area contributed by atoms with Gasteiger partial charge in [0.05, 0.1) is 23.1 Å². The molecule has 8 heteroatoms. The zero-order valence-electron chi connectivity index (χ0n) is 18.3. The maximum Gasteiger partial charge on any atom is 0.407 e. The first-order valence-electron chi connectivity index (χ1n) is 10.7. The number of fused-ring (bicyclic) bond motifs is 1. The second kappa shape index (κ2) is 8.07. The van der Waals surface area contributed by atoms with Crippen LogP contribution in [0.1, 0.15) is 40.0 Å². The molecule has 7 nitrogen and oxygen atoms in total. The van der Waals surface area contributed by atoms with Gasteiger partial charge in [0.15, 0.2) is 0 Å². The van der Waals surface area contributed by atoms with E-state index in [1.807, 2.05) is 51.1 Å². The van der Waals surface area contributed by atoms with Gasteiger partial charge in [-0.3, -0.25) is 0 Å². The third kappa shape index (κ3) is 4.86. The van der Waals surface area contributed by atoms with Crippen molar-refractivity contribution in [2.24, 2.45) is 0 Å². The first-order chi connectivity index (χ1) is 14.6. The number of hydrogen-bond donors (Lipinski definition) is 1. The van der Waals surface area contributed by atoms with E-state index in [0.717, 1.165) is 10.8 Å². The van der Waals surface area contributed by atoms with E-state index in [2.05, 4.69) is 5.32 Å². The monoisotopic (exact) mass is 446 g/mol. The second-order valence-corrected chi connectivity index (χ2v) is 11.4. The summed E-state index contributed by atoms with van der Waals surface area (Å²) >= 11 is 0. The fraction of sp³-hybridized carbons (Fsp3) is 0.522. The molecule has 168 valence electrons. The molecule has 2 fully saturated rings. The topological polar surface area (TPSA) is 84.9 Å². The van der Waals surface area contributed by atoms with Crippen LogP contribution in [0.3, 0.4) is 0 Å². The summed E-state index contributed by atoms with van der Waals surface area (Å²) in [6.07, 6.45) is 1.42. The highest BCUT2D eigenvalue weighted by Crippen LogP contribution is 2.37. The number of rotatable bonds is 3. The van der Waals surface area contributed by atoms with Crippen molar-refractivity contribution in [3.63, 3.8) is 0 Å². The van der Waals surface area contributed by atoms with Gasteiger partial charge in [-0.05, 0) is 62.9 Å². The standard InChI is InChI=1S/C23H30N2O5S/c1-22(2,3)30-21(26)24-19-15-23(29-16-19)10-12-25(13-11-23)31(27,28)20-9-8-17-6-4-5-7-18(17)14-20/h4-9,14,19H,10-13,15-16H2,1-3H3,(H,24,26). The lowest BCUT2D eigenvalue weighted by atomic mass is 9.88. The molecule has 2 aromatic carbocycles. The Labute approximate surface area is 183 Å². The number of nitrogens with one attached hydrogen (secondary N) is 1. The first kappa shape index (κ1) is 22.0. The van der Waals surface area contributed by atoms with Gasteiger partial charge in [0.25, 0.3) is 0 Å². The SMILES string of the molecule is CC(C)(C)OC(=O)NC1COC2(CCN(S(=O)(=O)c3ccc4ccccc4c3)CC2)C1. The molecule has 1 spiro atoms. The quantitative estimate of drug-likeness (QED) is 0.778. The number of alkyl carbamates (subject to hydrolysis) is 1. The van der Waals surface area contributed by atoms with Gasteiger partial charge in [0.2, 0.25) is 10.0 Å². The van der Waals surface area contributed by atoms with E-state index in [1.165, 1.54) is 0 Å². The fourth-order valence-corrected chi connectivity index (χ4v) is 5.85. The Bertz CT molecular complexity index is 1070. The van der Waals surface area contributed by atoms with Crippen molar-refractivity contribution in [1.82, 2.24) is 9.62 Å². The Morgan fingerprint density at radius 1 is 1.13 bits per heavy atom. The third-order valence-electron chi connectivity index (χ3n) is 5.92. The summed E-state index contributed by atoms with van der Waals surface area (Å²) in [6.45, 7) is 6.68. The number of amides is 1. The lowest BCUT2D eigenvalue weighted by Crippen LogP contribution is -2.47. The summed E-state index contributed by atoms with van der Waals surface area (Å²) in [5.74, 6) is 0. The maximum atomic E-state index is 13.2. The average molecular weight is 447 g/mol. The van der Waals surface area contributed by atoms with Crippen molar-refractivity contribution in [3.05, 3.63) is 42.5 Å². The predicted octanol–water partition coefficient (Wildman–Crippen LogP) is 3.68. The molecule has 2 aliphatic heterocycles. The molecule has 31 heavy (non-hydrogen) atoms. The van der Waals surface area contributed by atoms with Gasteiger partial charge in [-0.2, -0.15) is 4.31 Å². The van der Waals surface area contributed by atoms with Crippen molar-refractivity contribution < 1.29 is 22.7 Å². The van der Waals surface area contributed by atoms with Crippen molar-refractivity contribution >= 4 is 26.9 Å². The van der Waals surface area contributed by atoms with Crippen molar-refractivity contribution in [3.8, 4) is 0 Å². The van der Waals surface area contributed by atoms with Crippen molar-refractivity contribution in [2.45, 2.75) is 62.2 Å². The van der Waals surface area contributed by atoms with Gasteiger partial charge in [-0.25, -0.2) is 13.2 Å². The Balaban J connectivity index is 1.38. The minimum atomic E-state index is -3.56. The molecule has 0 saturated carbocycles. The number of nitrogens with zero attached hydrogens (tertiary/aromatic N) is 1. The summed E-state index contributed by atoms with van der Waals surface area (Å²) < 4.78 is 39.3. The Morgan fingerprint density at radius 3 is 2.48 bits per heavy atom. The average Bonchev–Trinajstić information content (AvgIpc) is 3.08. The van der Waals surface area contributed by atoms with Gasteiger partial charge in [-0.1, -0.05) is 30.3 Å². The van der Waals surface area contributed by atoms with Crippen molar-refractivity contribution in [2.75, 3.05) is 19.7 Å². The smallest absolute Gasteiger partial charge is 0.407 e. The van der Waals surface area contributed by atoms with E-state index >= 15 is 0 Å². The van der Waals surface area contributed by atoms with Crippen LogP contribution >= 0.6 is 0 Å². The largest absolute Gasteiger partial charge is 0.444 e. The first-order valence-corrected chi connectivity index (χ1v) is 12.1. The summed E-state index contributed by atoms with van der Waals surface area (Å²) in [6, 6.07) is 12.9. The van der Waals surface area contributed by atoms with Crippen LogP contribution in [0, 0.1) is 0 Å². The molecule has 0 aliphatic carbocycles. The van der Waals surface area contributed by atoms with Crippen LogP contribution in [0.2, 0.25) is 0 Å². The molecule has 1 atom stereocenters. The number of carbonyl (C=O) groups is 1. The van der Waals surface area contributed by atoms with Gasteiger partial charge >= 0.3 is 6.09 Å². The Hall–Kier alpha value is -2.16. The van der Waals surface area contributed by atoms with Gasteiger partial charge in [0.1, 0.15) is 5.60 Å². The molecule has 0 aromatic heterocycles. The number of sulfonamides is 1.